The monoisotopic (exact) mass is 477 g/mol. The first-order valence-corrected chi connectivity index (χ1v) is 11.1. The molecule has 32 heavy (non-hydrogen) atoms. The van der Waals surface area contributed by atoms with E-state index >= 15 is 0 Å². The minimum absolute atomic E-state index is 0.0345. The van der Waals surface area contributed by atoms with Crippen LogP contribution in [0.1, 0.15) is 15.9 Å². The van der Waals surface area contributed by atoms with Gasteiger partial charge in [0, 0.05) is 0 Å². The van der Waals surface area contributed by atoms with Crippen LogP contribution in [0.4, 0.5) is 14.5 Å². The van der Waals surface area contributed by atoms with Gasteiger partial charge >= 0.3 is 5.97 Å². The lowest BCUT2D eigenvalue weighted by Gasteiger charge is -2.24. The van der Waals surface area contributed by atoms with Crippen molar-refractivity contribution in [1.82, 2.24) is 0 Å². The second-order valence-electron chi connectivity index (χ2n) is 6.65. The molecule has 0 radical (unpaired) electrons. The van der Waals surface area contributed by atoms with Gasteiger partial charge in [0.1, 0.15) is 23.1 Å². The molecule has 0 aromatic heterocycles. The van der Waals surface area contributed by atoms with Gasteiger partial charge in [-0.25, -0.2) is 22.0 Å². The number of esters is 1. The van der Waals surface area contributed by atoms with Crippen LogP contribution in [0, 0.1) is 11.6 Å². The summed E-state index contributed by atoms with van der Waals surface area (Å²) in [6.07, 6.45) is 1.37. The molecule has 5 nitrogen and oxygen atoms in total. The molecule has 0 spiro atoms. The van der Waals surface area contributed by atoms with Gasteiger partial charge in [-0.15, -0.1) is 6.58 Å². The van der Waals surface area contributed by atoms with Crippen molar-refractivity contribution in [2.75, 3.05) is 10.8 Å². The van der Waals surface area contributed by atoms with E-state index in [4.69, 9.17) is 16.3 Å². The summed E-state index contributed by atoms with van der Waals surface area (Å²) in [7, 11) is -4.23. The van der Waals surface area contributed by atoms with Crippen LogP contribution in [0.3, 0.4) is 0 Å². The molecular weight excluding hydrogens is 460 g/mol. The summed E-state index contributed by atoms with van der Waals surface area (Å²) in [5.41, 5.74) is 0.731. The third kappa shape index (κ3) is 5.33. The molecule has 0 fully saturated rings. The molecule has 0 amide bonds. The van der Waals surface area contributed by atoms with E-state index in [0.717, 1.165) is 22.5 Å². The second kappa shape index (κ2) is 9.93. The molecule has 0 aliphatic carbocycles. The number of ether oxygens (including phenoxy) is 1. The van der Waals surface area contributed by atoms with Gasteiger partial charge in [0.25, 0.3) is 10.0 Å². The number of rotatable bonds is 8. The molecule has 0 saturated heterocycles. The number of nitrogens with zero attached hydrogens (tertiary/aromatic N) is 1. The number of halogens is 3. The Labute approximate surface area is 189 Å². The SMILES string of the molecule is C=CCN(c1ccc(F)cc1)S(=O)(=O)c1cc(C(=O)OCc2ccc(F)cc2)ccc1Cl. The molecule has 0 heterocycles. The average molecular weight is 478 g/mol. The van der Waals surface area contributed by atoms with E-state index in [9.17, 15) is 22.0 Å². The van der Waals surface area contributed by atoms with Crippen LogP contribution in [0.25, 0.3) is 0 Å². The molecule has 0 aliphatic rings. The fraction of sp³-hybridized carbons (Fsp3) is 0.0870. The lowest BCUT2D eigenvalue weighted by molar-refractivity contribution is 0.0472. The van der Waals surface area contributed by atoms with E-state index in [1.165, 1.54) is 54.6 Å². The van der Waals surface area contributed by atoms with Crippen molar-refractivity contribution in [3.63, 3.8) is 0 Å². The van der Waals surface area contributed by atoms with Crippen LogP contribution in [0.2, 0.25) is 5.02 Å². The van der Waals surface area contributed by atoms with E-state index in [2.05, 4.69) is 6.58 Å². The van der Waals surface area contributed by atoms with Crippen molar-refractivity contribution in [3.8, 4) is 0 Å². The summed E-state index contributed by atoms with van der Waals surface area (Å²) in [4.78, 5) is 12.2. The Bertz CT molecular complexity index is 1230. The van der Waals surface area contributed by atoms with Crippen LogP contribution in [0.15, 0.2) is 84.3 Å². The van der Waals surface area contributed by atoms with E-state index in [1.807, 2.05) is 0 Å². The zero-order valence-electron chi connectivity index (χ0n) is 16.7. The van der Waals surface area contributed by atoms with Gasteiger partial charge in [0.15, 0.2) is 0 Å². The van der Waals surface area contributed by atoms with Gasteiger partial charge in [0.05, 0.1) is 22.8 Å². The molecule has 0 bridgehead atoms. The minimum atomic E-state index is -4.23. The Balaban J connectivity index is 1.89. The normalized spacial score (nSPS) is 11.1. The average Bonchev–Trinajstić information content (AvgIpc) is 2.77. The van der Waals surface area contributed by atoms with Gasteiger partial charge in [-0.05, 0) is 60.2 Å². The van der Waals surface area contributed by atoms with E-state index in [0.29, 0.717) is 5.56 Å². The molecule has 0 N–H and O–H groups in total. The predicted molar refractivity (Wildman–Crippen MR) is 118 cm³/mol. The smallest absolute Gasteiger partial charge is 0.338 e. The maximum atomic E-state index is 13.3. The highest BCUT2D eigenvalue weighted by molar-refractivity contribution is 7.93. The molecule has 0 aliphatic heterocycles. The summed E-state index contributed by atoms with van der Waals surface area (Å²) in [6.45, 7) is 3.34. The first-order chi connectivity index (χ1) is 15.2. The highest BCUT2D eigenvalue weighted by Crippen LogP contribution is 2.30. The molecule has 3 aromatic carbocycles. The number of benzene rings is 3. The molecule has 0 unspecified atom stereocenters. The Kier molecular flexibility index (Phi) is 7.27. The van der Waals surface area contributed by atoms with E-state index < -0.39 is 27.6 Å². The number of carbonyl (C=O) groups is 1. The van der Waals surface area contributed by atoms with Gasteiger partial charge in [-0.2, -0.15) is 0 Å². The zero-order valence-corrected chi connectivity index (χ0v) is 18.2. The molecule has 9 heteroatoms. The summed E-state index contributed by atoms with van der Waals surface area (Å²) in [6, 6.07) is 14.0. The van der Waals surface area contributed by atoms with E-state index in [1.54, 1.807) is 0 Å². The summed E-state index contributed by atoms with van der Waals surface area (Å²) < 4.78 is 59.1. The second-order valence-corrected chi connectivity index (χ2v) is 8.89. The molecular formula is C23H18ClF2NO4S. The van der Waals surface area contributed by atoms with Gasteiger partial charge in [0.2, 0.25) is 0 Å². The Morgan fingerprint density at radius 3 is 2.19 bits per heavy atom. The number of hydrogen-bond donors (Lipinski definition) is 0. The molecule has 166 valence electrons. The van der Waals surface area contributed by atoms with Gasteiger partial charge < -0.3 is 4.74 Å². The van der Waals surface area contributed by atoms with Crippen LogP contribution in [-0.2, 0) is 21.4 Å². The van der Waals surface area contributed by atoms with Crippen molar-refractivity contribution in [3.05, 3.63) is 107 Å². The molecule has 0 atom stereocenters. The highest BCUT2D eigenvalue weighted by atomic mass is 35.5. The standard InChI is InChI=1S/C23H18ClF2NO4S/c1-2-13-27(20-10-8-19(26)9-11-20)32(29,30)22-14-17(5-12-21(22)24)23(28)31-15-16-3-6-18(25)7-4-16/h2-12,14H,1,13,15H2. The summed E-state index contributed by atoms with van der Waals surface area (Å²) >= 11 is 6.15. The van der Waals surface area contributed by atoms with Crippen molar-refractivity contribution in [1.29, 1.82) is 0 Å². The molecule has 3 aromatic rings. The lowest BCUT2D eigenvalue weighted by atomic mass is 10.2. The third-order valence-corrected chi connectivity index (χ3v) is 6.70. The van der Waals surface area contributed by atoms with Crippen molar-refractivity contribution < 1.29 is 26.7 Å². The fourth-order valence-corrected chi connectivity index (χ4v) is 4.77. The lowest BCUT2D eigenvalue weighted by Crippen LogP contribution is -2.31. The third-order valence-electron chi connectivity index (χ3n) is 4.43. The highest BCUT2D eigenvalue weighted by Gasteiger charge is 2.28. The van der Waals surface area contributed by atoms with E-state index in [-0.39, 0.29) is 34.3 Å². The quantitative estimate of drug-likeness (QED) is 0.324. The number of carbonyl (C=O) groups excluding carboxylic acids is 1. The number of anilines is 1. The minimum Gasteiger partial charge on any atom is -0.457 e. The maximum absolute atomic E-state index is 13.3. The van der Waals surface area contributed by atoms with Crippen molar-refractivity contribution in [2.24, 2.45) is 0 Å². The van der Waals surface area contributed by atoms with Crippen LogP contribution in [-0.4, -0.2) is 20.9 Å². The fourth-order valence-electron chi connectivity index (χ4n) is 2.83. The number of sulfonamides is 1. The number of hydrogen-bond acceptors (Lipinski definition) is 4. The Morgan fingerprint density at radius 2 is 1.59 bits per heavy atom. The zero-order chi connectivity index (χ0) is 23.3. The maximum Gasteiger partial charge on any atom is 0.338 e. The Hall–Kier alpha value is -3.23. The van der Waals surface area contributed by atoms with Crippen molar-refractivity contribution >= 4 is 33.3 Å². The molecule has 3 rings (SSSR count). The first kappa shape index (κ1) is 23.4. The molecule has 0 saturated carbocycles. The van der Waals surface area contributed by atoms with Crippen molar-refractivity contribution in [2.45, 2.75) is 11.5 Å². The topological polar surface area (TPSA) is 63.7 Å². The Morgan fingerprint density at radius 1 is 1.00 bits per heavy atom. The van der Waals surface area contributed by atoms with Crippen LogP contribution < -0.4 is 4.31 Å². The largest absolute Gasteiger partial charge is 0.457 e. The van der Waals surface area contributed by atoms with Crippen LogP contribution >= 0.6 is 11.6 Å². The first-order valence-electron chi connectivity index (χ1n) is 9.32. The summed E-state index contributed by atoms with van der Waals surface area (Å²) in [5.74, 6) is -1.72. The van der Waals surface area contributed by atoms with Gasteiger partial charge in [-0.1, -0.05) is 29.8 Å². The predicted octanol–water partition coefficient (Wildman–Crippen LogP) is 5.36. The summed E-state index contributed by atoms with van der Waals surface area (Å²) in [5, 5.41) is -0.101. The van der Waals surface area contributed by atoms with Gasteiger partial charge in [-0.3, -0.25) is 4.31 Å². The van der Waals surface area contributed by atoms with Crippen LogP contribution in [0.5, 0.6) is 0 Å².